The van der Waals surface area contributed by atoms with E-state index in [4.69, 9.17) is 5.73 Å². The minimum absolute atomic E-state index is 0.360. The zero-order valence-corrected chi connectivity index (χ0v) is 7.99. The molecule has 0 aliphatic carbocycles. The Hall–Kier alpha value is 0.137. The maximum atomic E-state index is 5.29. The quantitative estimate of drug-likeness (QED) is 0.465. The second kappa shape index (κ2) is 3.22. The highest BCUT2D eigenvalue weighted by atomic mass is 28.1. The number of nitrogens with two attached hydrogens (primary N) is 1. The van der Waals surface area contributed by atoms with Crippen LogP contribution in [0, 0.1) is 0 Å². The summed E-state index contributed by atoms with van der Waals surface area (Å²) >= 11 is 0. The van der Waals surface area contributed by atoms with Crippen LogP contribution in [-0.2, 0) is 0 Å². The van der Waals surface area contributed by atoms with Crippen LogP contribution in [0.5, 0.6) is 0 Å². The molecule has 0 aromatic rings. The molecule has 0 aromatic carbocycles. The topological polar surface area (TPSA) is 38.0 Å². The van der Waals surface area contributed by atoms with Crippen molar-refractivity contribution in [2.75, 3.05) is 13.1 Å². The minimum Gasteiger partial charge on any atom is -0.329 e. The van der Waals surface area contributed by atoms with E-state index in [1.807, 2.05) is 0 Å². The molecule has 0 bridgehead atoms. The monoisotopic (exact) mass is 132 g/mol. The van der Waals surface area contributed by atoms with E-state index in [2.05, 4.69) is 19.2 Å². The van der Waals surface area contributed by atoms with Crippen molar-refractivity contribution in [3.05, 3.63) is 0 Å². The molecule has 50 valence electrons. The third-order valence-corrected chi connectivity index (χ3v) is 1.15. The smallest absolute Gasteiger partial charge is 0.0273 e. The first-order chi connectivity index (χ1) is 3.56. The van der Waals surface area contributed by atoms with Crippen molar-refractivity contribution in [2.24, 2.45) is 5.73 Å². The lowest BCUT2D eigenvalue weighted by Gasteiger charge is -2.19. The molecule has 3 N–H and O–H groups in total. The van der Waals surface area contributed by atoms with Crippen molar-refractivity contribution in [2.45, 2.75) is 19.0 Å². The Morgan fingerprint density at radius 2 is 2.12 bits per heavy atom. The van der Waals surface area contributed by atoms with Gasteiger partial charge >= 0.3 is 0 Å². The van der Waals surface area contributed by atoms with Crippen molar-refractivity contribution in [1.82, 2.24) is 5.32 Å². The molecule has 0 amide bonds. The van der Waals surface area contributed by atoms with Gasteiger partial charge in [-0.05, 0) is 5.16 Å². The summed E-state index contributed by atoms with van der Waals surface area (Å²) in [4.78, 5) is 0. The van der Waals surface area contributed by atoms with Crippen molar-refractivity contribution in [3.8, 4) is 0 Å². The van der Waals surface area contributed by atoms with Gasteiger partial charge in [-0.15, -0.1) is 0 Å². The molecule has 8 heavy (non-hydrogen) atoms. The Morgan fingerprint density at radius 3 is 2.25 bits per heavy atom. The summed E-state index contributed by atoms with van der Waals surface area (Å²) in [6, 6.07) is 0. The second-order valence-corrected chi connectivity index (χ2v) is 5.47. The fourth-order valence-corrected chi connectivity index (χ4v) is 0.697. The first-order valence-corrected chi connectivity index (χ1v) is 4.01. The van der Waals surface area contributed by atoms with Crippen LogP contribution in [0.4, 0.5) is 0 Å². The van der Waals surface area contributed by atoms with Crippen LogP contribution in [0.1, 0.15) is 13.8 Å². The van der Waals surface area contributed by atoms with E-state index in [-0.39, 0.29) is 0 Å². The van der Waals surface area contributed by atoms with E-state index in [0.29, 0.717) is 5.16 Å². The van der Waals surface area contributed by atoms with Gasteiger partial charge in [-0.3, -0.25) is 0 Å². The molecule has 0 aliphatic rings. The molecule has 0 heterocycles. The summed E-state index contributed by atoms with van der Waals surface area (Å²) < 4.78 is 0. The summed E-state index contributed by atoms with van der Waals surface area (Å²) in [6.45, 7) is 6.06. The second-order valence-electron chi connectivity index (χ2n) is 2.97. The normalized spacial score (nSPS) is 12.4. The molecule has 0 fully saturated rings. The van der Waals surface area contributed by atoms with E-state index in [1.165, 1.54) is 10.2 Å². The SMILES string of the molecule is CC(C)([SiH3])NCCN. The Balaban J connectivity index is 3.11. The van der Waals surface area contributed by atoms with Crippen molar-refractivity contribution >= 4 is 10.2 Å². The Bertz CT molecular complexity index is 57.9. The first-order valence-electron chi connectivity index (χ1n) is 3.01. The van der Waals surface area contributed by atoms with Crippen LogP contribution in [0.25, 0.3) is 0 Å². The lowest BCUT2D eigenvalue weighted by molar-refractivity contribution is 0.537. The molecular formula is C5H16N2Si. The largest absolute Gasteiger partial charge is 0.329 e. The number of hydrogen-bond acceptors (Lipinski definition) is 2. The molecule has 0 radical (unpaired) electrons. The van der Waals surface area contributed by atoms with Crippen LogP contribution in [-0.4, -0.2) is 28.5 Å². The van der Waals surface area contributed by atoms with Gasteiger partial charge in [-0.25, -0.2) is 0 Å². The fraction of sp³-hybridized carbons (Fsp3) is 1.00. The lowest BCUT2D eigenvalue weighted by Crippen LogP contribution is -2.42. The highest BCUT2D eigenvalue weighted by Crippen LogP contribution is 1.90. The summed E-state index contributed by atoms with van der Waals surface area (Å²) in [5.74, 6) is 0. The predicted octanol–water partition coefficient (Wildman–Crippen LogP) is -1.36. The van der Waals surface area contributed by atoms with Crippen LogP contribution in [0.2, 0.25) is 0 Å². The summed E-state index contributed by atoms with van der Waals surface area (Å²) in [5, 5.41) is 3.67. The Labute approximate surface area is 54.3 Å². The zero-order valence-electron chi connectivity index (χ0n) is 5.99. The van der Waals surface area contributed by atoms with E-state index < -0.39 is 0 Å². The van der Waals surface area contributed by atoms with Gasteiger partial charge in [0.1, 0.15) is 0 Å². The molecule has 0 saturated heterocycles. The average molecular weight is 132 g/mol. The van der Waals surface area contributed by atoms with Gasteiger partial charge in [0.15, 0.2) is 0 Å². The van der Waals surface area contributed by atoms with E-state index in [1.54, 1.807) is 0 Å². The van der Waals surface area contributed by atoms with Gasteiger partial charge in [0.05, 0.1) is 0 Å². The minimum atomic E-state index is 0.360. The zero-order chi connectivity index (χ0) is 6.62. The Morgan fingerprint density at radius 1 is 1.62 bits per heavy atom. The average Bonchev–Trinajstić information content (AvgIpc) is 1.59. The fourth-order valence-electron chi connectivity index (χ4n) is 0.447. The predicted molar refractivity (Wildman–Crippen MR) is 41.1 cm³/mol. The number of nitrogens with one attached hydrogen (secondary N) is 1. The molecule has 0 saturated carbocycles. The van der Waals surface area contributed by atoms with E-state index >= 15 is 0 Å². The Kier molecular flexibility index (Phi) is 3.27. The van der Waals surface area contributed by atoms with E-state index in [0.717, 1.165) is 13.1 Å². The maximum absolute atomic E-state index is 5.29. The molecule has 0 aromatic heterocycles. The highest BCUT2D eigenvalue weighted by Gasteiger charge is 2.05. The summed E-state index contributed by atoms with van der Waals surface area (Å²) in [6.07, 6.45) is 0. The van der Waals surface area contributed by atoms with Crippen LogP contribution in [0.15, 0.2) is 0 Å². The highest BCUT2D eigenvalue weighted by molar-refractivity contribution is 6.14. The van der Waals surface area contributed by atoms with Gasteiger partial charge < -0.3 is 11.1 Å². The van der Waals surface area contributed by atoms with Crippen LogP contribution in [0.3, 0.4) is 0 Å². The van der Waals surface area contributed by atoms with Gasteiger partial charge in [0, 0.05) is 23.3 Å². The van der Waals surface area contributed by atoms with Crippen molar-refractivity contribution in [1.29, 1.82) is 0 Å². The van der Waals surface area contributed by atoms with Crippen LogP contribution < -0.4 is 11.1 Å². The van der Waals surface area contributed by atoms with Crippen molar-refractivity contribution < 1.29 is 0 Å². The summed E-state index contributed by atoms with van der Waals surface area (Å²) in [7, 11) is 1.18. The molecule has 0 spiro atoms. The van der Waals surface area contributed by atoms with E-state index in [9.17, 15) is 0 Å². The molecule has 0 rings (SSSR count). The standard InChI is InChI=1S/C5H16N2Si/c1-5(2,8)7-4-3-6/h7H,3-4,6H2,1-2,8H3. The molecule has 2 nitrogen and oxygen atoms in total. The number of hydrogen-bond donors (Lipinski definition) is 2. The van der Waals surface area contributed by atoms with Gasteiger partial charge in [0.25, 0.3) is 0 Å². The third-order valence-electron chi connectivity index (χ3n) is 0.800. The maximum Gasteiger partial charge on any atom is 0.0273 e. The summed E-state index contributed by atoms with van der Waals surface area (Å²) in [5.41, 5.74) is 5.29. The van der Waals surface area contributed by atoms with Crippen LogP contribution >= 0.6 is 0 Å². The van der Waals surface area contributed by atoms with Gasteiger partial charge in [0.2, 0.25) is 0 Å². The molecular weight excluding hydrogens is 116 g/mol. The lowest BCUT2D eigenvalue weighted by atomic mass is 10.4. The van der Waals surface area contributed by atoms with Crippen molar-refractivity contribution in [3.63, 3.8) is 0 Å². The molecule has 0 unspecified atom stereocenters. The molecule has 0 aliphatic heterocycles. The number of rotatable bonds is 3. The van der Waals surface area contributed by atoms with Gasteiger partial charge in [-0.1, -0.05) is 13.8 Å². The first kappa shape index (κ1) is 8.14. The molecule has 0 atom stereocenters. The molecule has 3 heteroatoms. The third kappa shape index (κ3) is 6.14. The van der Waals surface area contributed by atoms with Gasteiger partial charge in [-0.2, -0.15) is 0 Å².